The van der Waals surface area contributed by atoms with E-state index in [-0.39, 0.29) is 11.5 Å². The Hall–Kier alpha value is -5.08. The van der Waals surface area contributed by atoms with Crippen LogP contribution in [0.2, 0.25) is 0 Å². The number of rotatable bonds is 2. The first-order chi connectivity index (χ1) is 21.5. The molecule has 1 aliphatic carbocycles. The molecule has 0 fully saturated rings. The molecule has 8 rings (SSSR count). The molecule has 2 nitrogen and oxygen atoms in total. The van der Waals surface area contributed by atoms with E-state index in [0.717, 1.165) is 21.5 Å². The third-order valence-electron chi connectivity index (χ3n) is 8.42. The highest BCUT2D eigenvalue weighted by Gasteiger charge is 2.46. The van der Waals surface area contributed by atoms with Gasteiger partial charge in [-0.05, 0) is 114 Å². The van der Waals surface area contributed by atoms with Crippen molar-refractivity contribution in [2.45, 2.75) is 39.5 Å². The first-order valence-corrected chi connectivity index (χ1v) is 15.6. The van der Waals surface area contributed by atoms with Crippen LogP contribution in [0.5, 0.6) is 11.5 Å². The minimum atomic E-state index is -0.548. The van der Waals surface area contributed by atoms with Crippen LogP contribution < -0.4 is 0 Å². The number of aromatic hydroxyl groups is 2. The fourth-order valence-corrected chi connectivity index (χ4v) is 6.68. The lowest BCUT2D eigenvalue weighted by molar-refractivity contribution is 0.475. The van der Waals surface area contributed by atoms with Crippen molar-refractivity contribution in [1.29, 1.82) is 0 Å². The third kappa shape index (κ3) is 4.68. The summed E-state index contributed by atoms with van der Waals surface area (Å²) in [5.74, 6) is 0.538. The zero-order valence-corrected chi connectivity index (χ0v) is 25.8. The molecular weight excluding hydrogens is 536 g/mol. The van der Waals surface area contributed by atoms with Crippen molar-refractivity contribution in [3.8, 4) is 22.6 Å². The summed E-state index contributed by atoms with van der Waals surface area (Å²) in [6, 6.07) is 46.4. The monoisotopic (exact) mass is 574 g/mol. The molecule has 7 aromatic carbocycles. The van der Waals surface area contributed by atoms with Crippen LogP contribution in [0.3, 0.4) is 0 Å². The summed E-state index contributed by atoms with van der Waals surface area (Å²) in [5, 5.41) is 26.8. The smallest absolute Gasteiger partial charge is 0.116 e. The predicted octanol–water partition coefficient (Wildman–Crippen LogP) is 11.4. The summed E-state index contributed by atoms with van der Waals surface area (Å²) in [7, 11) is 0. The molecule has 0 heterocycles. The fraction of sp³-hybridized carbons (Fsp3) is 0.143. The zero-order chi connectivity index (χ0) is 30.8. The number of phenols is 2. The van der Waals surface area contributed by atoms with Gasteiger partial charge in [-0.3, -0.25) is 0 Å². The van der Waals surface area contributed by atoms with Crippen LogP contribution in [-0.2, 0) is 5.41 Å². The van der Waals surface area contributed by atoms with Gasteiger partial charge in [-0.15, -0.1) is 0 Å². The maximum atomic E-state index is 10.1. The summed E-state index contributed by atoms with van der Waals surface area (Å²) in [4.78, 5) is 0. The van der Waals surface area contributed by atoms with Gasteiger partial charge in [0.1, 0.15) is 11.5 Å². The van der Waals surface area contributed by atoms with Gasteiger partial charge >= 0.3 is 0 Å². The van der Waals surface area contributed by atoms with Crippen LogP contribution in [0.25, 0.3) is 43.4 Å². The molecule has 0 aliphatic heterocycles. The largest absolute Gasteiger partial charge is 0.508 e. The molecule has 218 valence electrons. The van der Waals surface area contributed by atoms with Crippen LogP contribution >= 0.6 is 0 Å². The summed E-state index contributed by atoms with van der Waals surface area (Å²) in [5.41, 5.74) is 6.83. The summed E-state index contributed by atoms with van der Waals surface area (Å²) in [6.45, 7) is 8.25. The van der Waals surface area contributed by atoms with E-state index >= 15 is 0 Å². The van der Waals surface area contributed by atoms with Crippen LogP contribution in [-0.4, -0.2) is 10.2 Å². The Morgan fingerprint density at radius 2 is 0.864 bits per heavy atom. The fourth-order valence-electron chi connectivity index (χ4n) is 6.68. The number of fused-ring (bicyclic) bond motifs is 6. The van der Waals surface area contributed by atoms with Gasteiger partial charge in [0.05, 0.1) is 5.41 Å². The average molecular weight is 575 g/mol. The van der Waals surface area contributed by atoms with Gasteiger partial charge in [-0.2, -0.15) is 0 Å². The second kappa shape index (κ2) is 11.9. The third-order valence-corrected chi connectivity index (χ3v) is 8.42. The molecule has 1 aliphatic rings. The molecule has 2 N–H and O–H groups in total. The molecule has 0 bridgehead atoms. The van der Waals surface area contributed by atoms with E-state index in [9.17, 15) is 10.2 Å². The van der Waals surface area contributed by atoms with Crippen molar-refractivity contribution in [1.82, 2.24) is 0 Å². The molecule has 0 aromatic heterocycles. The van der Waals surface area contributed by atoms with Crippen molar-refractivity contribution < 1.29 is 10.2 Å². The molecule has 0 unspecified atom stereocenters. The quantitative estimate of drug-likeness (QED) is 0.216. The number of hydrogen-bond donors (Lipinski definition) is 2. The maximum Gasteiger partial charge on any atom is 0.116 e. The predicted molar refractivity (Wildman–Crippen MR) is 187 cm³/mol. The zero-order valence-electron chi connectivity index (χ0n) is 25.8. The minimum absolute atomic E-state index is 0.269. The van der Waals surface area contributed by atoms with E-state index in [1.165, 1.54) is 50.6 Å². The van der Waals surface area contributed by atoms with Crippen molar-refractivity contribution >= 4 is 32.3 Å². The molecule has 7 aromatic rings. The molecular formula is C42H38O2. The van der Waals surface area contributed by atoms with Gasteiger partial charge in [-0.25, -0.2) is 0 Å². The van der Waals surface area contributed by atoms with Gasteiger partial charge in [-0.1, -0.05) is 119 Å². The van der Waals surface area contributed by atoms with Crippen molar-refractivity contribution in [2.75, 3.05) is 0 Å². The van der Waals surface area contributed by atoms with Crippen molar-refractivity contribution in [3.63, 3.8) is 0 Å². The van der Waals surface area contributed by atoms with E-state index in [1.807, 2.05) is 38.1 Å². The number of hydrogen-bond acceptors (Lipinski definition) is 2. The van der Waals surface area contributed by atoms with Gasteiger partial charge < -0.3 is 10.2 Å². The van der Waals surface area contributed by atoms with E-state index in [1.54, 1.807) is 12.1 Å². The maximum absolute atomic E-state index is 10.1. The minimum Gasteiger partial charge on any atom is -0.508 e. The standard InChI is InChI=1S/C37H24O2.C3H8.C2H6/c38-31-15-11-25-17-29(13-9-27(25)19-31)37(30-14-10-28-20-32(39)16-12-26(28)18-30)35-8-4-3-7-33(35)34-21-23-5-1-2-6-24(23)22-36(34)37;1-3-2;1-2/h1-22,38-39H;3H2,1-2H3;1-2H3. The summed E-state index contributed by atoms with van der Waals surface area (Å²) < 4.78 is 0. The molecule has 0 saturated heterocycles. The highest BCUT2D eigenvalue weighted by molar-refractivity contribution is 5.97. The lowest BCUT2D eigenvalue weighted by Gasteiger charge is -2.34. The highest BCUT2D eigenvalue weighted by atomic mass is 16.3. The normalized spacial score (nSPS) is 12.5. The van der Waals surface area contributed by atoms with Crippen LogP contribution in [0.4, 0.5) is 0 Å². The van der Waals surface area contributed by atoms with E-state index in [0.29, 0.717) is 0 Å². The number of benzene rings is 7. The lowest BCUT2D eigenvalue weighted by Crippen LogP contribution is -2.28. The highest BCUT2D eigenvalue weighted by Crippen LogP contribution is 2.57. The molecule has 0 spiro atoms. The Kier molecular flexibility index (Phi) is 7.84. The molecule has 0 radical (unpaired) electrons. The Balaban J connectivity index is 0.000000649. The van der Waals surface area contributed by atoms with Crippen LogP contribution in [0, 0.1) is 0 Å². The molecule has 0 atom stereocenters. The lowest BCUT2D eigenvalue weighted by atomic mass is 9.67. The topological polar surface area (TPSA) is 40.5 Å². The van der Waals surface area contributed by atoms with Crippen LogP contribution in [0.15, 0.2) is 133 Å². The Morgan fingerprint density at radius 1 is 0.432 bits per heavy atom. The van der Waals surface area contributed by atoms with E-state index in [4.69, 9.17) is 0 Å². The SMILES string of the molecule is CC.CCC.Oc1ccc2cc(C3(c4ccc5cc(O)ccc5c4)c4ccccc4-c4cc5ccccc5cc43)ccc2c1. The van der Waals surface area contributed by atoms with Crippen molar-refractivity contribution in [2.24, 2.45) is 0 Å². The van der Waals surface area contributed by atoms with Crippen molar-refractivity contribution in [3.05, 3.63) is 156 Å². The molecule has 44 heavy (non-hydrogen) atoms. The first-order valence-electron chi connectivity index (χ1n) is 15.6. The Labute approximate surface area is 259 Å². The van der Waals surface area contributed by atoms with E-state index < -0.39 is 5.41 Å². The van der Waals surface area contributed by atoms with Gasteiger partial charge in [0, 0.05) is 0 Å². The number of phenolic OH excluding ortho intramolecular Hbond substituents is 2. The average Bonchev–Trinajstić information content (AvgIpc) is 3.34. The van der Waals surface area contributed by atoms with Gasteiger partial charge in [0.25, 0.3) is 0 Å². The van der Waals surface area contributed by atoms with E-state index in [2.05, 4.69) is 111 Å². The second-order valence-electron chi connectivity index (χ2n) is 11.2. The second-order valence-corrected chi connectivity index (χ2v) is 11.2. The molecule has 0 amide bonds. The molecule has 0 saturated carbocycles. The summed E-state index contributed by atoms with van der Waals surface area (Å²) >= 11 is 0. The van der Waals surface area contributed by atoms with Crippen LogP contribution in [0.1, 0.15) is 56.4 Å². The van der Waals surface area contributed by atoms with Gasteiger partial charge in [0.15, 0.2) is 0 Å². The summed E-state index contributed by atoms with van der Waals surface area (Å²) in [6.07, 6.45) is 1.25. The Bertz CT molecular complexity index is 2040. The molecule has 2 heteroatoms. The first kappa shape index (κ1) is 29.0. The van der Waals surface area contributed by atoms with Gasteiger partial charge in [0.2, 0.25) is 0 Å². The Morgan fingerprint density at radius 3 is 1.43 bits per heavy atom.